The molecular weight excluding hydrogens is 240 g/mol. The SMILES string of the molecule is Oc1ccccc1CCc1nnc2n1CCNCC2. The molecule has 1 aliphatic heterocycles. The van der Waals surface area contributed by atoms with Crippen molar-refractivity contribution in [2.45, 2.75) is 25.8 Å². The van der Waals surface area contributed by atoms with E-state index in [1.165, 1.54) is 0 Å². The van der Waals surface area contributed by atoms with Gasteiger partial charge in [0.25, 0.3) is 0 Å². The summed E-state index contributed by atoms with van der Waals surface area (Å²) in [6.07, 6.45) is 2.53. The number of aromatic hydroxyl groups is 1. The van der Waals surface area contributed by atoms with Gasteiger partial charge in [-0.1, -0.05) is 18.2 Å². The highest BCUT2D eigenvalue weighted by Gasteiger charge is 2.14. The molecule has 0 radical (unpaired) electrons. The largest absolute Gasteiger partial charge is 0.508 e. The molecule has 0 saturated heterocycles. The van der Waals surface area contributed by atoms with E-state index in [2.05, 4.69) is 20.1 Å². The summed E-state index contributed by atoms with van der Waals surface area (Å²) in [7, 11) is 0. The standard InChI is InChI=1S/C14H18N4O/c19-12-4-2-1-3-11(12)5-6-13-16-17-14-7-8-15-9-10-18(13)14/h1-4,15,19H,5-10H2. The molecule has 2 N–H and O–H groups in total. The fraction of sp³-hybridized carbons (Fsp3) is 0.429. The van der Waals surface area contributed by atoms with Gasteiger partial charge in [-0.2, -0.15) is 0 Å². The topological polar surface area (TPSA) is 63.0 Å². The van der Waals surface area contributed by atoms with Crippen LogP contribution in [0.3, 0.4) is 0 Å². The zero-order valence-corrected chi connectivity index (χ0v) is 10.8. The summed E-state index contributed by atoms with van der Waals surface area (Å²) in [5.41, 5.74) is 0.964. The van der Waals surface area contributed by atoms with Gasteiger partial charge >= 0.3 is 0 Å². The molecule has 19 heavy (non-hydrogen) atoms. The fourth-order valence-electron chi connectivity index (χ4n) is 2.49. The highest BCUT2D eigenvalue weighted by atomic mass is 16.3. The van der Waals surface area contributed by atoms with Gasteiger partial charge in [0, 0.05) is 32.5 Å². The van der Waals surface area contributed by atoms with Gasteiger partial charge in [-0.3, -0.25) is 0 Å². The van der Waals surface area contributed by atoms with Gasteiger partial charge in [0.1, 0.15) is 17.4 Å². The predicted molar refractivity (Wildman–Crippen MR) is 72.1 cm³/mol. The Morgan fingerprint density at radius 2 is 2.05 bits per heavy atom. The van der Waals surface area contributed by atoms with Crippen LogP contribution < -0.4 is 5.32 Å². The molecule has 2 aromatic rings. The van der Waals surface area contributed by atoms with E-state index in [4.69, 9.17) is 0 Å². The van der Waals surface area contributed by atoms with Crippen molar-refractivity contribution in [3.8, 4) is 5.75 Å². The molecular formula is C14H18N4O. The summed E-state index contributed by atoms with van der Waals surface area (Å²) >= 11 is 0. The summed E-state index contributed by atoms with van der Waals surface area (Å²) in [6.45, 7) is 2.87. The normalized spacial score (nSPS) is 14.9. The molecule has 5 nitrogen and oxygen atoms in total. The third kappa shape index (κ3) is 2.61. The van der Waals surface area contributed by atoms with Crippen molar-refractivity contribution in [1.29, 1.82) is 0 Å². The van der Waals surface area contributed by atoms with Gasteiger partial charge in [0.15, 0.2) is 0 Å². The first kappa shape index (κ1) is 12.2. The molecule has 0 saturated carbocycles. The Balaban J connectivity index is 1.74. The minimum absolute atomic E-state index is 0.361. The van der Waals surface area contributed by atoms with Crippen LogP contribution in [-0.2, 0) is 25.8 Å². The lowest BCUT2D eigenvalue weighted by Gasteiger charge is -2.07. The smallest absolute Gasteiger partial charge is 0.134 e. The Hall–Kier alpha value is -1.88. The number of nitrogens with zero attached hydrogens (tertiary/aromatic N) is 3. The number of aromatic nitrogens is 3. The molecule has 5 heteroatoms. The van der Waals surface area contributed by atoms with Crippen LogP contribution in [0, 0.1) is 0 Å². The number of hydrogen-bond acceptors (Lipinski definition) is 4. The van der Waals surface area contributed by atoms with Crippen LogP contribution in [0.15, 0.2) is 24.3 Å². The number of fused-ring (bicyclic) bond motifs is 1. The quantitative estimate of drug-likeness (QED) is 0.859. The molecule has 0 spiro atoms. The lowest BCUT2D eigenvalue weighted by atomic mass is 10.1. The van der Waals surface area contributed by atoms with Crippen molar-refractivity contribution in [1.82, 2.24) is 20.1 Å². The molecule has 1 aromatic heterocycles. The number of nitrogens with one attached hydrogen (secondary N) is 1. The Morgan fingerprint density at radius 1 is 1.16 bits per heavy atom. The minimum Gasteiger partial charge on any atom is -0.508 e. The molecule has 0 atom stereocenters. The zero-order valence-electron chi connectivity index (χ0n) is 10.8. The molecule has 0 aliphatic carbocycles. The molecule has 1 aromatic carbocycles. The lowest BCUT2D eigenvalue weighted by molar-refractivity contribution is 0.467. The molecule has 0 unspecified atom stereocenters. The molecule has 0 fully saturated rings. The van der Waals surface area contributed by atoms with E-state index in [-0.39, 0.29) is 0 Å². The van der Waals surface area contributed by atoms with Gasteiger partial charge < -0.3 is 15.0 Å². The van der Waals surface area contributed by atoms with Crippen LogP contribution in [0.25, 0.3) is 0 Å². The van der Waals surface area contributed by atoms with Gasteiger partial charge in [0.2, 0.25) is 0 Å². The maximum Gasteiger partial charge on any atom is 0.134 e. The number of hydrogen-bond donors (Lipinski definition) is 2. The van der Waals surface area contributed by atoms with Crippen molar-refractivity contribution in [2.75, 3.05) is 13.1 Å². The summed E-state index contributed by atoms with van der Waals surface area (Å²) in [5.74, 6) is 2.44. The molecule has 1 aliphatic rings. The third-order valence-electron chi connectivity index (χ3n) is 3.55. The Kier molecular flexibility index (Phi) is 3.46. The van der Waals surface area contributed by atoms with Gasteiger partial charge in [-0.05, 0) is 18.1 Å². The van der Waals surface area contributed by atoms with Crippen molar-refractivity contribution in [3.05, 3.63) is 41.5 Å². The maximum atomic E-state index is 9.77. The van der Waals surface area contributed by atoms with Crippen LogP contribution in [-0.4, -0.2) is 33.0 Å². The van der Waals surface area contributed by atoms with E-state index >= 15 is 0 Å². The van der Waals surface area contributed by atoms with E-state index in [0.29, 0.717) is 5.75 Å². The second kappa shape index (κ2) is 5.40. The van der Waals surface area contributed by atoms with Crippen molar-refractivity contribution >= 4 is 0 Å². The van der Waals surface area contributed by atoms with E-state index in [1.54, 1.807) is 6.07 Å². The highest BCUT2D eigenvalue weighted by Crippen LogP contribution is 2.18. The molecule has 0 bridgehead atoms. The van der Waals surface area contributed by atoms with Gasteiger partial charge in [-0.15, -0.1) is 10.2 Å². The van der Waals surface area contributed by atoms with Crippen LogP contribution in [0.4, 0.5) is 0 Å². The van der Waals surface area contributed by atoms with Crippen molar-refractivity contribution in [3.63, 3.8) is 0 Å². The summed E-state index contributed by atoms with van der Waals surface area (Å²) < 4.78 is 2.21. The Bertz CT molecular complexity index is 564. The summed E-state index contributed by atoms with van der Waals surface area (Å²) in [4.78, 5) is 0. The average Bonchev–Trinajstić information content (AvgIpc) is 2.66. The number of rotatable bonds is 3. The first-order valence-electron chi connectivity index (χ1n) is 6.73. The summed E-state index contributed by atoms with van der Waals surface area (Å²) in [6, 6.07) is 7.47. The number of aryl methyl sites for hydroxylation is 2. The Morgan fingerprint density at radius 3 is 2.95 bits per heavy atom. The summed E-state index contributed by atoms with van der Waals surface area (Å²) in [5, 5.41) is 21.7. The van der Waals surface area contributed by atoms with Gasteiger partial charge in [-0.25, -0.2) is 0 Å². The minimum atomic E-state index is 0.361. The molecule has 0 amide bonds. The van der Waals surface area contributed by atoms with Crippen molar-refractivity contribution < 1.29 is 5.11 Å². The number of benzene rings is 1. The van der Waals surface area contributed by atoms with E-state index in [1.807, 2.05) is 18.2 Å². The average molecular weight is 258 g/mol. The van der Waals surface area contributed by atoms with Gasteiger partial charge in [0.05, 0.1) is 0 Å². The van der Waals surface area contributed by atoms with E-state index < -0.39 is 0 Å². The van der Waals surface area contributed by atoms with Crippen molar-refractivity contribution in [2.24, 2.45) is 0 Å². The zero-order chi connectivity index (χ0) is 13.1. The molecule has 3 rings (SSSR count). The second-order valence-electron chi connectivity index (χ2n) is 4.81. The maximum absolute atomic E-state index is 9.77. The lowest BCUT2D eigenvalue weighted by Crippen LogP contribution is -2.18. The van der Waals surface area contributed by atoms with E-state index in [9.17, 15) is 5.11 Å². The fourth-order valence-corrected chi connectivity index (χ4v) is 2.49. The van der Waals surface area contributed by atoms with E-state index in [0.717, 1.165) is 56.1 Å². The number of phenolic OH excluding ortho intramolecular Hbond substituents is 1. The number of phenols is 1. The Labute approximate surface area is 112 Å². The van der Waals surface area contributed by atoms with Crippen LogP contribution in [0.2, 0.25) is 0 Å². The first-order chi connectivity index (χ1) is 9.34. The van der Waals surface area contributed by atoms with Crippen LogP contribution in [0.5, 0.6) is 5.75 Å². The molecule has 100 valence electrons. The predicted octanol–water partition coefficient (Wildman–Crippen LogP) is 0.915. The monoisotopic (exact) mass is 258 g/mol. The number of para-hydroxylation sites is 1. The van der Waals surface area contributed by atoms with Crippen LogP contribution >= 0.6 is 0 Å². The second-order valence-corrected chi connectivity index (χ2v) is 4.81. The van der Waals surface area contributed by atoms with Crippen LogP contribution in [0.1, 0.15) is 17.2 Å². The third-order valence-corrected chi connectivity index (χ3v) is 3.55. The highest BCUT2D eigenvalue weighted by molar-refractivity contribution is 5.32. The molecule has 2 heterocycles. The first-order valence-corrected chi connectivity index (χ1v) is 6.73.